The minimum atomic E-state index is -0.541. The van der Waals surface area contributed by atoms with Gasteiger partial charge in [0, 0.05) is 30.1 Å². The van der Waals surface area contributed by atoms with Gasteiger partial charge < -0.3 is 25.3 Å². The number of thiophene rings is 1. The van der Waals surface area contributed by atoms with Gasteiger partial charge in [-0.15, -0.1) is 23.7 Å². The SMILES string of the molecule is CCOc1cc(C(=O)Nc2sc3c(c2C(N)=O)CCN(Cc2ccccc2)C3)cc(OCC)c1OCC.Cl. The number of nitrogens with two attached hydrogens (primary N) is 1. The summed E-state index contributed by atoms with van der Waals surface area (Å²) in [4.78, 5) is 29.2. The van der Waals surface area contributed by atoms with Crippen LogP contribution in [0.3, 0.4) is 0 Å². The van der Waals surface area contributed by atoms with Crippen molar-refractivity contribution in [1.82, 2.24) is 4.90 Å². The lowest BCUT2D eigenvalue weighted by Crippen LogP contribution is -2.30. The van der Waals surface area contributed by atoms with Gasteiger partial charge in [0.2, 0.25) is 5.75 Å². The summed E-state index contributed by atoms with van der Waals surface area (Å²) < 4.78 is 17.2. The van der Waals surface area contributed by atoms with Crippen molar-refractivity contribution in [1.29, 1.82) is 0 Å². The van der Waals surface area contributed by atoms with E-state index in [4.69, 9.17) is 19.9 Å². The molecular formula is C28H34ClN3O5S. The summed E-state index contributed by atoms with van der Waals surface area (Å²) in [6, 6.07) is 13.5. The van der Waals surface area contributed by atoms with Crippen molar-refractivity contribution in [3.63, 3.8) is 0 Å². The standard InChI is InChI=1S/C28H33N3O5S.ClH/c1-4-34-21-14-19(15-22(35-5-2)25(21)36-6-3)27(33)30-28-24(26(29)32)20-12-13-31(17-23(20)37-28)16-18-10-8-7-9-11-18;/h7-11,14-15H,4-6,12-13,16-17H2,1-3H3,(H2,29,32)(H,30,33);1H. The van der Waals surface area contributed by atoms with Gasteiger partial charge in [-0.25, -0.2) is 0 Å². The first kappa shape index (κ1) is 29.3. The molecule has 38 heavy (non-hydrogen) atoms. The normalized spacial score (nSPS) is 12.7. The molecule has 0 fully saturated rings. The van der Waals surface area contributed by atoms with Crippen LogP contribution in [-0.2, 0) is 19.5 Å². The van der Waals surface area contributed by atoms with Crippen LogP contribution in [0, 0.1) is 0 Å². The Bertz CT molecular complexity index is 1240. The Morgan fingerprint density at radius 2 is 1.63 bits per heavy atom. The zero-order chi connectivity index (χ0) is 26.4. The molecule has 2 heterocycles. The molecule has 0 spiro atoms. The Kier molecular flexibility index (Phi) is 10.4. The van der Waals surface area contributed by atoms with E-state index in [0.717, 1.165) is 23.5 Å². The fraction of sp³-hybridized carbons (Fsp3) is 0.357. The maximum atomic E-state index is 13.4. The molecule has 4 rings (SSSR count). The van der Waals surface area contributed by atoms with E-state index < -0.39 is 5.91 Å². The van der Waals surface area contributed by atoms with Crippen LogP contribution in [-0.4, -0.2) is 43.1 Å². The van der Waals surface area contributed by atoms with E-state index in [1.54, 1.807) is 12.1 Å². The van der Waals surface area contributed by atoms with E-state index in [1.165, 1.54) is 16.9 Å². The number of carbonyl (C=O) groups is 2. The lowest BCUT2D eigenvalue weighted by molar-refractivity contribution is 0.0999. The molecule has 1 aliphatic heterocycles. The second-order valence-corrected chi connectivity index (χ2v) is 9.68. The molecule has 204 valence electrons. The Hall–Kier alpha value is -3.27. The van der Waals surface area contributed by atoms with Crippen LogP contribution < -0.4 is 25.3 Å². The zero-order valence-electron chi connectivity index (χ0n) is 21.9. The van der Waals surface area contributed by atoms with E-state index in [-0.39, 0.29) is 18.3 Å². The first-order chi connectivity index (χ1) is 17.9. The molecule has 2 amide bonds. The number of rotatable bonds is 11. The van der Waals surface area contributed by atoms with Crippen molar-refractivity contribution in [2.24, 2.45) is 5.73 Å². The lowest BCUT2D eigenvalue weighted by atomic mass is 10.0. The van der Waals surface area contributed by atoms with Gasteiger partial charge >= 0.3 is 0 Å². The molecule has 3 aromatic rings. The third-order valence-electron chi connectivity index (χ3n) is 6.03. The van der Waals surface area contributed by atoms with Gasteiger partial charge in [-0.1, -0.05) is 30.3 Å². The summed E-state index contributed by atoms with van der Waals surface area (Å²) in [5, 5.41) is 3.39. The largest absolute Gasteiger partial charge is 0.490 e. The molecular weight excluding hydrogens is 526 g/mol. The molecule has 0 saturated carbocycles. The highest BCUT2D eigenvalue weighted by Gasteiger charge is 2.28. The molecule has 0 bridgehead atoms. The summed E-state index contributed by atoms with van der Waals surface area (Å²) in [5.41, 5.74) is 8.67. The van der Waals surface area contributed by atoms with Crippen molar-refractivity contribution in [2.75, 3.05) is 31.7 Å². The number of nitrogens with one attached hydrogen (secondary N) is 1. The first-order valence-electron chi connectivity index (χ1n) is 12.5. The minimum Gasteiger partial charge on any atom is -0.490 e. The molecule has 3 N–H and O–H groups in total. The Morgan fingerprint density at radius 1 is 1.00 bits per heavy atom. The van der Waals surface area contributed by atoms with Crippen molar-refractivity contribution < 1.29 is 23.8 Å². The van der Waals surface area contributed by atoms with E-state index in [9.17, 15) is 9.59 Å². The summed E-state index contributed by atoms with van der Waals surface area (Å²) in [5.74, 6) is 0.397. The zero-order valence-corrected chi connectivity index (χ0v) is 23.5. The minimum absolute atomic E-state index is 0. The molecule has 8 nitrogen and oxygen atoms in total. The number of benzene rings is 2. The topological polar surface area (TPSA) is 103 Å². The van der Waals surface area contributed by atoms with Crippen LogP contribution in [0.1, 0.15) is 57.5 Å². The average Bonchev–Trinajstić information content (AvgIpc) is 3.24. The molecule has 0 atom stereocenters. The van der Waals surface area contributed by atoms with Gasteiger partial charge in [0.15, 0.2) is 11.5 Å². The van der Waals surface area contributed by atoms with Crippen LogP contribution in [0.25, 0.3) is 0 Å². The Morgan fingerprint density at radius 3 is 2.21 bits per heavy atom. The third-order valence-corrected chi connectivity index (χ3v) is 7.16. The number of primary amides is 1. The number of hydrogen-bond acceptors (Lipinski definition) is 7. The van der Waals surface area contributed by atoms with Crippen LogP contribution in [0.5, 0.6) is 17.2 Å². The first-order valence-corrected chi connectivity index (χ1v) is 13.3. The molecule has 2 aromatic carbocycles. The van der Waals surface area contributed by atoms with Gasteiger partial charge in [0.1, 0.15) is 5.00 Å². The number of ether oxygens (including phenoxy) is 3. The van der Waals surface area contributed by atoms with Crippen molar-refractivity contribution >= 4 is 40.6 Å². The Labute approximate surface area is 233 Å². The number of hydrogen-bond donors (Lipinski definition) is 2. The van der Waals surface area contributed by atoms with E-state index in [0.29, 0.717) is 66.2 Å². The second kappa shape index (κ2) is 13.5. The number of carbonyl (C=O) groups excluding carboxylic acids is 2. The fourth-order valence-corrected chi connectivity index (χ4v) is 5.77. The number of anilines is 1. The predicted octanol–water partition coefficient (Wildman–Crippen LogP) is 5.28. The summed E-state index contributed by atoms with van der Waals surface area (Å²) in [7, 11) is 0. The van der Waals surface area contributed by atoms with Crippen molar-refractivity contribution in [3.05, 3.63) is 69.6 Å². The summed E-state index contributed by atoms with van der Waals surface area (Å²) >= 11 is 1.41. The highest BCUT2D eigenvalue weighted by molar-refractivity contribution is 7.17. The van der Waals surface area contributed by atoms with Crippen LogP contribution in [0.4, 0.5) is 5.00 Å². The molecule has 0 unspecified atom stereocenters. The number of halogens is 1. The van der Waals surface area contributed by atoms with E-state index in [1.807, 2.05) is 39.0 Å². The third kappa shape index (κ3) is 6.59. The second-order valence-electron chi connectivity index (χ2n) is 8.57. The number of nitrogens with zero attached hydrogens (tertiary/aromatic N) is 1. The molecule has 0 saturated heterocycles. The van der Waals surface area contributed by atoms with Crippen molar-refractivity contribution in [3.8, 4) is 17.2 Å². The molecule has 1 aliphatic rings. The average molecular weight is 560 g/mol. The van der Waals surface area contributed by atoms with E-state index >= 15 is 0 Å². The smallest absolute Gasteiger partial charge is 0.256 e. The summed E-state index contributed by atoms with van der Waals surface area (Å²) in [6.45, 7) is 9.14. The van der Waals surface area contributed by atoms with Crippen LogP contribution in [0.2, 0.25) is 0 Å². The summed E-state index contributed by atoms with van der Waals surface area (Å²) in [6.07, 6.45) is 0.693. The number of amides is 2. The predicted molar refractivity (Wildman–Crippen MR) is 152 cm³/mol. The van der Waals surface area contributed by atoms with Gasteiger partial charge in [0.25, 0.3) is 11.8 Å². The molecule has 1 aromatic heterocycles. The van der Waals surface area contributed by atoms with Gasteiger partial charge in [-0.05, 0) is 50.5 Å². The maximum Gasteiger partial charge on any atom is 0.256 e. The molecule has 0 radical (unpaired) electrons. The van der Waals surface area contributed by atoms with Gasteiger partial charge in [-0.3, -0.25) is 14.5 Å². The fourth-order valence-electron chi connectivity index (χ4n) is 4.48. The lowest BCUT2D eigenvalue weighted by Gasteiger charge is -2.27. The molecule has 10 heteroatoms. The maximum absolute atomic E-state index is 13.4. The van der Waals surface area contributed by atoms with Crippen LogP contribution >= 0.6 is 23.7 Å². The molecule has 0 aliphatic carbocycles. The highest BCUT2D eigenvalue weighted by atomic mass is 35.5. The number of fused-ring (bicyclic) bond motifs is 1. The van der Waals surface area contributed by atoms with Crippen molar-refractivity contribution in [2.45, 2.75) is 40.3 Å². The Balaban J connectivity index is 0.00000400. The van der Waals surface area contributed by atoms with E-state index in [2.05, 4.69) is 22.3 Å². The van der Waals surface area contributed by atoms with Crippen LogP contribution in [0.15, 0.2) is 42.5 Å². The quantitative estimate of drug-likeness (QED) is 0.331. The highest BCUT2D eigenvalue weighted by Crippen LogP contribution is 2.41. The van der Waals surface area contributed by atoms with Gasteiger partial charge in [-0.2, -0.15) is 0 Å². The monoisotopic (exact) mass is 559 g/mol. The van der Waals surface area contributed by atoms with Gasteiger partial charge in [0.05, 0.1) is 25.4 Å².